The number of fused-ring (bicyclic) bond motifs is 1. The Morgan fingerprint density at radius 3 is 2.84 bits per heavy atom. The number of esters is 1. The zero-order valence-corrected chi connectivity index (χ0v) is 12.6. The topological polar surface area (TPSA) is 95.5 Å². The van der Waals surface area contributed by atoms with Crippen molar-refractivity contribution in [1.82, 2.24) is 4.98 Å². The van der Waals surface area contributed by atoms with Gasteiger partial charge in [-0.15, -0.1) is 6.42 Å². The number of non-ortho nitro benzene ring substituents is 1. The minimum absolute atomic E-state index is 0.0279. The van der Waals surface area contributed by atoms with Crippen molar-refractivity contribution in [2.75, 3.05) is 6.61 Å². The van der Waals surface area contributed by atoms with E-state index in [9.17, 15) is 19.3 Å². The highest BCUT2D eigenvalue weighted by molar-refractivity contribution is 6.02. The van der Waals surface area contributed by atoms with Gasteiger partial charge in [0.1, 0.15) is 16.9 Å². The van der Waals surface area contributed by atoms with Crippen molar-refractivity contribution in [3.63, 3.8) is 0 Å². The molecule has 124 valence electrons. The third kappa shape index (κ3) is 3.03. The van der Waals surface area contributed by atoms with Crippen molar-refractivity contribution in [2.45, 2.75) is 0 Å². The van der Waals surface area contributed by atoms with Crippen molar-refractivity contribution in [3.8, 4) is 23.8 Å². The number of hydrogen-bond donors (Lipinski definition) is 0. The second kappa shape index (κ2) is 6.41. The van der Waals surface area contributed by atoms with Crippen molar-refractivity contribution in [2.24, 2.45) is 0 Å². The second-order valence-corrected chi connectivity index (χ2v) is 4.88. The molecule has 0 saturated carbocycles. The van der Waals surface area contributed by atoms with E-state index in [0.29, 0.717) is 0 Å². The summed E-state index contributed by atoms with van der Waals surface area (Å²) >= 11 is 0. The number of hydrogen-bond acceptors (Lipinski definition) is 6. The second-order valence-electron chi connectivity index (χ2n) is 4.88. The third-order valence-corrected chi connectivity index (χ3v) is 3.30. The predicted octanol–water partition coefficient (Wildman–Crippen LogP) is 3.33. The van der Waals surface area contributed by atoms with Crippen LogP contribution in [0.2, 0.25) is 0 Å². The molecule has 0 saturated heterocycles. The molecule has 1 aromatic heterocycles. The van der Waals surface area contributed by atoms with Crippen molar-refractivity contribution in [1.29, 1.82) is 0 Å². The third-order valence-electron chi connectivity index (χ3n) is 3.30. The average Bonchev–Trinajstić information content (AvgIpc) is 3.02. The number of rotatable bonds is 4. The molecule has 0 spiro atoms. The van der Waals surface area contributed by atoms with E-state index >= 15 is 0 Å². The molecule has 2 aromatic carbocycles. The lowest BCUT2D eigenvalue weighted by Gasteiger charge is -2.01. The summed E-state index contributed by atoms with van der Waals surface area (Å²) in [5, 5.41) is 11.1. The van der Waals surface area contributed by atoms with Gasteiger partial charge in [0.15, 0.2) is 12.2 Å². The molecule has 1 heterocycles. The van der Waals surface area contributed by atoms with E-state index < -0.39 is 16.7 Å². The number of aromatic nitrogens is 1. The highest BCUT2D eigenvalue weighted by Gasteiger charge is 2.23. The zero-order valence-electron chi connectivity index (χ0n) is 12.6. The molecule has 3 rings (SSSR count). The highest BCUT2D eigenvalue weighted by atomic mass is 19.1. The van der Waals surface area contributed by atoms with E-state index in [4.69, 9.17) is 15.6 Å². The molecule has 0 fully saturated rings. The van der Waals surface area contributed by atoms with E-state index in [1.807, 2.05) is 0 Å². The summed E-state index contributed by atoms with van der Waals surface area (Å²) in [6.07, 6.45) is 5.03. The van der Waals surface area contributed by atoms with E-state index in [0.717, 1.165) is 12.1 Å². The molecule has 25 heavy (non-hydrogen) atoms. The van der Waals surface area contributed by atoms with Crippen LogP contribution in [0, 0.1) is 28.3 Å². The molecule has 3 aromatic rings. The van der Waals surface area contributed by atoms with Gasteiger partial charge >= 0.3 is 5.97 Å². The fourth-order valence-electron chi connectivity index (χ4n) is 2.21. The van der Waals surface area contributed by atoms with E-state index in [1.165, 1.54) is 18.2 Å². The van der Waals surface area contributed by atoms with Crippen LogP contribution in [-0.2, 0) is 4.74 Å². The maximum absolute atomic E-state index is 13.9. The lowest BCUT2D eigenvalue weighted by Crippen LogP contribution is -2.06. The van der Waals surface area contributed by atoms with Crippen molar-refractivity contribution < 1.29 is 23.3 Å². The maximum atomic E-state index is 13.9. The van der Waals surface area contributed by atoms with Gasteiger partial charge in [0.2, 0.25) is 5.89 Å². The van der Waals surface area contributed by atoms with Gasteiger partial charge in [-0.3, -0.25) is 10.1 Å². The summed E-state index contributed by atoms with van der Waals surface area (Å²) in [5.74, 6) is 0.525. The molecule has 0 aliphatic carbocycles. The van der Waals surface area contributed by atoms with E-state index in [-0.39, 0.29) is 40.4 Å². The SMILES string of the molecule is C#CCOC(=O)c1cc([N+](=O)[O-])cc2nc(-c3ccccc3F)oc12. The number of oxazole rings is 1. The summed E-state index contributed by atoms with van der Waals surface area (Å²) in [7, 11) is 0. The molecule has 0 unspecified atom stereocenters. The summed E-state index contributed by atoms with van der Waals surface area (Å²) in [5.41, 5.74) is -0.557. The minimum Gasteiger partial charge on any atom is -0.449 e. The van der Waals surface area contributed by atoms with Gasteiger partial charge in [0.05, 0.1) is 10.5 Å². The van der Waals surface area contributed by atoms with Crippen LogP contribution in [0.1, 0.15) is 10.4 Å². The summed E-state index contributed by atoms with van der Waals surface area (Å²) < 4.78 is 24.2. The number of benzene rings is 2. The molecule has 0 atom stereocenters. The molecular formula is C17H9FN2O5. The maximum Gasteiger partial charge on any atom is 0.343 e. The number of carbonyl (C=O) groups is 1. The van der Waals surface area contributed by atoms with Gasteiger partial charge in [0, 0.05) is 12.1 Å². The quantitative estimate of drug-likeness (QED) is 0.313. The molecule has 0 bridgehead atoms. The first-order valence-corrected chi connectivity index (χ1v) is 6.95. The summed E-state index contributed by atoms with van der Waals surface area (Å²) in [6, 6.07) is 7.85. The standard InChI is InChI=1S/C17H9FN2O5/c1-2-7-24-17(21)12-8-10(20(22)23)9-14-15(12)25-16(19-14)11-5-3-4-6-13(11)18/h1,3-6,8-9H,7H2. The fraction of sp³-hybridized carbons (Fsp3) is 0.0588. The van der Waals surface area contributed by atoms with Gasteiger partial charge in [0.25, 0.3) is 5.69 Å². The first-order valence-electron chi connectivity index (χ1n) is 6.95. The van der Waals surface area contributed by atoms with Crippen LogP contribution >= 0.6 is 0 Å². The van der Waals surface area contributed by atoms with Gasteiger partial charge in [-0.1, -0.05) is 18.1 Å². The van der Waals surface area contributed by atoms with Crippen LogP contribution in [-0.4, -0.2) is 22.5 Å². The van der Waals surface area contributed by atoms with Crippen LogP contribution in [0.15, 0.2) is 40.8 Å². The number of terminal acetylenes is 1. The molecule has 8 heteroatoms. The van der Waals surface area contributed by atoms with Crippen LogP contribution in [0.3, 0.4) is 0 Å². The Hall–Kier alpha value is -3.73. The Morgan fingerprint density at radius 2 is 2.16 bits per heavy atom. The number of ether oxygens (including phenoxy) is 1. The minimum atomic E-state index is -0.900. The molecule has 0 aliphatic rings. The van der Waals surface area contributed by atoms with Crippen molar-refractivity contribution >= 4 is 22.8 Å². The zero-order chi connectivity index (χ0) is 18.0. The molecule has 0 amide bonds. The number of carbonyl (C=O) groups excluding carboxylic acids is 1. The molecule has 0 aliphatic heterocycles. The monoisotopic (exact) mass is 340 g/mol. The smallest absolute Gasteiger partial charge is 0.343 e. The summed E-state index contributed by atoms with van der Waals surface area (Å²) in [4.78, 5) is 26.5. The lowest BCUT2D eigenvalue weighted by atomic mass is 10.1. The number of halogens is 1. The fourth-order valence-corrected chi connectivity index (χ4v) is 2.21. The molecule has 0 N–H and O–H groups in total. The Morgan fingerprint density at radius 1 is 1.40 bits per heavy atom. The normalized spacial score (nSPS) is 10.4. The highest BCUT2D eigenvalue weighted by Crippen LogP contribution is 2.31. The first kappa shape index (κ1) is 16.1. The van der Waals surface area contributed by atoms with Crippen LogP contribution in [0.4, 0.5) is 10.1 Å². The van der Waals surface area contributed by atoms with Gasteiger partial charge in [-0.05, 0) is 12.1 Å². The van der Waals surface area contributed by atoms with Crippen LogP contribution in [0.25, 0.3) is 22.6 Å². The van der Waals surface area contributed by atoms with Gasteiger partial charge in [-0.25, -0.2) is 14.2 Å². The van der Waals surface area contributed by atoms with Gasteiger partial charge < -0.3 is 9.15 Å². The van der Waals surface area contributed by atoms with Crippen LogP contribution in [0.5, 0.6) is 0 Å². The first-order chi connectivity index (χ1) is 12.0. The van der Waals surface area contributed by atoms with Crippen molar-refractivity contribution in [3.05, 3.63) is 57.9 Å². The Bertz CT molecular complexity index is 1040. The Labute approximate surface area is 140 Å². The molecular weight excluding hydrogens is 331 g/mol. The number of nitrogens with zero attached hydrogens (tertiary/aromatic N) is 2. The van der Waals surface area contributed by atoms with E-state index in [1.54, 1.807) is 6.07 Å². The Balaban J connectivity index is 2.20. The molecule has 0 radical (unpaired) electrons. The number of nitro benzene ring substituents is 1. The summed E-state index contributed by atoms with van der Waals surface area (Å²) in [6.45, 7) is -0.308. The van der Waals surface area contributed by atoms with Crippen LogP contribution < -0.4 is 0 Å². The predicted molar refractivity (Wildman–Crippen MR) is 85.2 cm³/mol. The van der Waals surface area contributed by atoms with Gasteiger partial charge in [-0.2, -0.15) is 0 Å². The molecule has 7 nitrogen and oxygen atoms in total. The number of nitro groups is 1. The Kier molecular flexibility index (Phi) is 4.14. The lowest BCUT2D eigenvalue weighted by molar-refractivity contribution is -0.384. The van der Waals surface area contributed by atoms with E-state index in [2.05, 4.69) is 10.9 Å². The largest absolute Gasteiger partial charge is 0.449 e. The average molecular weight is 340 g/mol.